The highest BCUT2D eigenvalue weighted by molar-refractivity contribution is 7.12. The molecular formula is C12H19NS. The zero-order valence-electron chi connectivity index (χ0n) is 9.10. The molecule has 1 aliphatic carbocycles. The molecule has 1 aromatic heterocycles. The Balaban J connectivity index is 2.24. The fraction of sp³-hybridized carbons (Fsp3) is 0.667. The molecule has 0 amide bonds. The third-order valence-electron chi connectivity index (χ3n) is 3.06. The average Bonchev–Trinajstić information content (AvgIpc) is 2.62. The maximum absolute atomic E-state index is 3.31. The van der Waals surface area contributed by atoms with Gasteiger partial charge in [0, 0.05) is 22.2 Å². The number of aryl methyl sites for hydroxylation is 2. The molecule has 2 heteroatoms. The number of likely N-dealkylation sites (N-methyl/N-ethyl adjacent to an activating group) is 1. The van der Waals surface area contributed by atoms with Crippen molar-refractivity contribution in [2.75, 3.05) is 13.6 Å². The molecule has 0 fully saturated rings. The van der Waals surface area contributed by atoms with Gasteiger partial charge in [-0.3, -0.25) is 0 Å². The van der Waals surface area contributed by atoms with Crippen molar-refractivity contribution in [2.24, 2.45) is 0 Å². The highest BCUT2D eigenvalue weighted by Gasteiger charge is 2.21. The van der Waals surface area contributed by atoms with E-state index in [1.165, 1.54) is 25.7 Å². The first-order chi connectivity index (χ1) is 6.85. The molecule has 1 heterocycles. The molecule has 0 spiro atoms. The second-order valence-corrected chi connectivity index (χ2v) is 5.27. The third-order valence-corrected chi connectivity index (χ3v) is 4.55. The lowest BCUT2D eigenvalue weighted by molar-refractivity contribution is 0.538. The van der Waals surface area contributed by atoms with Gasteiger partial charge in [0.05, 0.1) is 0 Å². The SMILES string of the molecule is CCc1cc2c(s1)C(CNC)CCC2. The molecule has 1 aromatic rings. The van der Waals surface area contributed by atoms with E-state index >= 15 is 0 Å². The predicted octanol–water partition coefficient (Wildman–Crippen LogP) is 2.95. The number of thiophene rings is 1. The van der Waals surface area contributed by atoms with Crippen molar-refractivity contribution in [3.8, 4) is 0 Å². The second-order valence-electron chi connectivity index (χ2n) is 4.10. The first-order valence-electron chi connectivity index (χ1n) is 5.61. The van der Waals surface area contributed by atoms with Crippen LogP contribution in [0.25, 0.3) is 0 Å². The summed E-state index contributed by atoms with van der Waals surface area (Å²) >= 11 is 2.04. The van der Waals surface area contributed by atoms with Crippen molar-refractivity contribution >= 4 is 11.3 Å². The molecule has 0 radical (unpaired) electrons. The summed E-state index contributed by atoms with van der Waals surface area (Å²) in [5.74, 6) is 0.786. The molecular weight excluding hydrogens is 190 g/mol. The summed E-state index contributed by atoms with van der Waals surface area (Å²) in [4.78, 5) is 3.24. The van der Waals surface area contributed by atoms with Gasteiger partial charge in [-0.2, -0.15) is 0 Å². The van der Waals surface area contributed by atoms with Crippen molar-refractivity contribution in [1.82, 2.24) is 5.32 Å². The standard InChI is InChI=1S/C12H19NS/c1-3-11-7-9-5-4-6-10(8-13-2)12(9)14-11/h7,10,13H,3-6,8H2,1-2H3. The van der Waals surface area contributed by atoms with Crippen molar-refractivity contribution < 1.29 is 0 Å². The maximum Gasteiger partial charge on any atom is 0.0124 e. The molecule has 0 saturated heterocycles. The van der Waals surface area contributed by atoms with E-state index in [1.54, 1.807) is 15.3 Å². The van der Waals surface area contributed by atoms with Crippen LogP contribution in [0.5, 0.6) is 0 Å². The number of hydrogen-bond acceptors (Lipinski definition) is 2. The van der Waals surface area contributed by atoms with Crippen molar-refractivity contribution in [3.63, 3.8) is 0 Å². The Morgan fingerprint density at radius 3 is 3.14 bits per heavy atom. The molecule has 0 saturated carbocycles. The maximum atomic E-state index is 3.31. The van der Waals surface area contributed by atoms with E-state index in [4.69, 9.17) is 0 Å². The Hall–Kier alpha value is -0.340. The van der Waals surface area contributed by atoms with Crippen LogP contribution in [-0.4, -0.2) is 13.6 Å². The Morgan fingerprint density at radius 2 is 2.43 bits per heavy atom. The zero-order valence-corrected chi connectivity index (χ0v) is 9.91. The first-order valence-corrected chi connectivity index (χ1v) is 6.43. The van der Waals surface area contributed by atoms with Gasteiger partial charge >= 0.3 is 0 Å². The topological polar surface area (TPSA) is 12.0 Å². The summed E-state index contributed by atoms with van der Waals surface area (Å²) < 4.78 is 0. The summed E-state index contributed by atoms with van der Waals surface area (Å²) in [6.45, 7) is 3.40. The lowest BCUT2D eigenvalue weighted by Crippen LogP contribution is -2.19. The Labute approximate surface area is 90.5 Å². The van der Waals surface area contributed by atoms with Crippen molar-refractivity contribution in [1.29, 1.82) is 0 Å². The Kier molecular flexibility index (Phi) is 3.24. The van der Waals surface area contributed by atoms with Crippen LogP contribution in [0.1, 0.15) is 41.0 Å². The molecule has 1 atom stereocenters. The smallest absolute Gasteiger partial charge is 0.0124 e. The van der Waals surface area contributed by atoms with Gasteiger partial charge < -0.3 is 5.32 Å². The van der Waals surface area contributed by atoms with E-state index in [0.717, 1.165) is 12.5 Å². The number of rotatable bonds is 3. The molecule has 1 unspecified atom stereocenters. The van der Waals surface area contributed by atoms with Gasteiger partial charge in [0.25, 0.3) is 0 Å². The number of hydrogen-bond donors (Lipinski definition) is 1. The summed E-state index contributed by atoms with van der Waals surface area (Å²) in [7, 11) is 2.06. The molecule has 0 aromatic carbocycles. The van der Waals surface area contributed by atoms with Crippen LogP contribution in [0.4, 0.5) is 0 Å². The van der Waals surface area contributed by atoms with Gasteiger partial charge in [-0.05, 0) is 44.4 Å². The van der Waals surface area contributed by atoms with E-state index < -0.39 is 0 Å². The molecule has 1 N–H and O–H groups in total. The molecule has 1 aliphatic rings. The molecule has 0 bridgehead atoms. The van der Waals surface area contributed by atoms with Gasteiger partial charge in [-0.1, -0.05) is 6.92 Å². The fourth-order valence-corrected chi connectivity index (χ4v) is 3.62. The zero-order chi connectivity index (χ0) is 9.97. The lowest BCUT2D eigenvalue weighted by atomic mass is 9.89. The van der Waals surface area contributed by atoms with Crippen LogP contribution in [0.3, 0.4) is 0 Å². The van der Waals surface area contributed by atoms with Gasteiger partial charge in [0.1, 0.15) is 0 Å². The van der Waals surface area contributed by atoms with Crippen LogP contribution in [0.2, 0.25) is 0 Å². The lowest BCUT2D eigenvalue weighted by Gasteiger charge is -2.21. The van der Waals surface area contributed by atoms with E-state index in [0.29, 0.717) is 0 Å². The van der Waals surface area contributed by atoms with Gasteiger partial charge in [-0.15, -0.1) is 11.3 Å². The summed E-state index contributed by atoms with van der Waals surface area (Å²) in [5.41, 5.74) is 1.64. The Bertz CT molecular complexity index is 303. The van der Waals surface area contributed by atoms with Gasteiger partial charge in [0.2, 0.25) is 0 Å². The average molecular weight is 209 g/mol. The minimum atomic E-state index is 0.786. The Morgan fingerprint density at radius 1 is 1.57 bits per heavy atom. The molecule has 1 nitrogen and oxygen atoms in total. The first kappa shape index (κ1) is 10.2. The van der Waals surface area contributed by atoms with Gasteiger partial charge in [0.15, 0.2) is 0 Å². The van der Waals surface area contributed by atoms with E-state index in [2.05, 4.69) is 25.4 Å². The van der Waals surface area contributed by atoms with E-state index in [-0.39, 0.29) is 0 Å². The molecule has 14 heavy (non-hydrogen) atoms. The number of nitrogens with one attached hydrogen (secondary N) is 1. The highest BCUT2D eigenvalue weighted by atomic mass is 32.1. The predicted molar refractivity (Wildman–Crippen MR) is 63.3 cm³/mol. The number of fused-ring (bicyclic) bond motifs is 1. The quantitative estimate of drug-likeness (QED) is 0.807. The third kappa shape index (κ3) is 1.86. The second kappa shape index (κ2) is 4.45. The molecule has 2 rings (SSSR count). The van der Waals surface area contributed by atoms with Gasteiger partial charge in [-0.25, -0.2) is 0 Å². The van der Waals surface area contributed by atoms with Crippen LogP contribution in [-0.2, 0) is 12.8 Å². The summed E-state index contributed by atoms with van der Waals surface area (Å²) in [6, 6.07) is 2.43. The normalized spacial score (nSPS) is 20.9. The van der Waals surface area contributed by atoms with Crippen molar-refractivity contribution in [3.05, 3.63) is 21.4 Å². The summed E-state index contributed by atoms with van der Waals surface area (Å²) in [6.07, 6.45) is 5.26. The van der Waals surface area contributed by atoms with Crippen molar-refractivity contribution in [2.45, 2.75) is 38.5 Å². The summed E-state index contributed by atoms with van der Waals surface area (Å²) in [5, 5.41) is 3.31. The largest absolute Gasteiger partial charge is 0.319 e. The van der Waals surface area contributed by atoms with Crippen LogP contribution >= 0.6 is 11.3 Å². The fourth-order valence-electron chi connectivity index (χ4n) is 2.33. The van der Waals surface area contributed by atoms with E-state index in [1.807, 2.05) is 11.3 Å². The van der Waals surface area contributed by atoms with Crippen LogP contribution in [0.15, 0.2) is 6.07 Å². The monoisotopic (exact) mass is 209 g/mol. The van der Waals surface area contributed by atoms with Crippen LogP contribution < -0.4 is 5.32 Å². The van der Waals surface area contributed by atoms with E-state index in [9.17, 15) is 0 Å². The minimum Gasteiger partial charge on any atom is -0.319 e. The molecule has 0 aliphatic heterocycles. The van der Waals surface area contributed by atoms with Crippen LogP contribution in [0, 0.1) is 0 Å². The highest BCUT2D eigenvalue weighted by Crippen LogP contribution is 2.37. The molecule has 78 valence electrons. The minimum absolute atomic E-state index is 0.786.